The molecule has 33 heavy (non-hydrogen) atoms. The average molecular weight is 436 g/mol. The SMILES string of the molecule is Nc1nccc2ccc(C(=O)N[C@@H](CN3C(=O)c4ccccc4C3=O)c3ccccc3)cc12. The van der Waals surface area contributed by atoms with Gasteiger partial charge in [-0.15, -0.1) is 0 Å². The second kappa shape index (κ2) is 8.20. The van der Waals surface area contributed by atoms with Gasteiger partial charge >= 0.3 is 0 Å². The zero-order chi connectivity index (χ0) is 22.9. The molecule has 5 rings (SSSR count). The lowest BCUT2D eigenvalue weighted by Gasteiger charge is -2.24. The number of anilines is 1. The van der Waals surface area contributed by atoms with Gasteiger partial charge in [-0.2, -0.15) is 0 Å². The lowest BCUT2D eigenvalue weighted by Crippen LogP contribution is -2.40. The van der Waals surface area contributed by atoms with Crippen molar-refractivity contribution < 1.29 is 14.4 Å². The fraction of sp³-hybridized carbons (Fsp3) is 0.0769. The van der Waals surface area contributed by atoms with Gasteiger partial charge in [0.25, 0.3) is 17.7 Å². The van der Waals surface area contributed by atoms with Crippen LogP contribution in [0.5, 0.6) is 0 Å². The van der Waals surface area contributed by atoms with Crippen molar-refractivity contribution >= 4 is 34.3 Å². The van der Waals surface area contributed by atoms with Gasteiger partial charge in [0.15, 0.2) is 0 Å². The Morgan fingerprint density at radius 2 is 1.58 bits per heavy atom. The van der Waals surface area contributed by atoms with Gasteiger partial charge in [0, 0.05) is 17.1 Å². The minimum Gasteiger partial charge on any atom is -0.383 e. The molecule has 0 radical (unpaired) electrons. The molecular formula is C26H20N4O3. The van der Waals surface area contributed by atoms with E-state index in [0.29, 0.717) is 27.9 Å². The molecule has 2 heterocycles. The first kappa shape index (κ1) is 20.4. The Kier molecular flexibility index (Phi) is 5.06. The molecule has 1 aromatic heterocycles. The van der Waals surface area contributed by atoms with E-state index in [-0.39, 0.29) is 24.3 Å². The van der Waals surface area contributed by atoms with Gasteiger partial charge in [0.05, 0.1) is 23.7 Å². The lowest BCUT2D eigenvalue weighted by molar-refractivity contribution is 0.0629. The predicted molar refractivity (Wildman–Crippen MR) is 125 cm³/mol. The first-order chi connectivity index (χ1) is 16.0. The van der Waals surface area contributed by atoms with E-state index < -0.39 is 6.04 Å². The first-order valence-corrected chi connectivity index (χ1v) is 10.5. The monoisotopic (exact) mass is 436 g/mol. The molecule has 0 aliphatic carbocycles. The molecule has 3 aromatic carbocycles. The van der Waals surface area contributed by atoms with Crippen LogP contribution < -0.4 is 11.1 Å². The van der Waals surface area contributed by atoms with E-state index in [0.717, 1.165) is 10.9 Å². The number of carbonyl (C=O) groups is 3. The summed E-state index contributed by atoms with van der Waals surface area (Å²) in [6, 6.07) is 22.4. The van der Waals surface area contributed by atoms with Crippen molar-refractivity contribution in [1.82, 2.24) is 15.2 Å². The Bertz CT molecular complexity index is 1370. The highest BCUT2D eigenvalue weighted by atomic mass is 16.2. The number of carbonyl (C=O) groups excluding carboxylic acids is 3. The molecule has 0 unspecified atom stereocenters. The number of pyridine rings is 1. The number of nitrogen functional groups attached to an aromatic ring is 1. The molecule has 1 atom stereocenters. The maximum absolute atomic E-state index is 13.2. The fourth-order valence-electron chi connectivity index (χ4n) is 4.08. The molecular weight excluding hydrogens is 416 g/mol. The third-order valence-corrected chi connectivity index (χ3v) is 5.81. The number of hydrogen-bond acceptors (Lipinski definition) is 5. The highest BCUT2D eigenvalue weighted by molar-refractivity contribution is 6.21. The van der Waals surface area contributed by atoms with Gasteiger partial charge in [-0.05, 0) is 41.3 Å². The number of rotatable bonds is 5. The number of fused-ring (bicyclic) bond motifs is 2. The highest BCUT2D eigenvalue weighted by Gasteiger charge is 2.37. The second-order valence-corrected chi connectivity index (χ2v) is 7.84. The molecule has 7 heteroatoms. The number of amides is 3. The highest BCUT2D eigenvalue weighted by Crippen LogP contribution is 2.26. The van der Waals surface area contributed by atoms with Crippen LogP contribution in [0.2, 0.25) is 0 Å². The number of nitrogens with one attached hydrogen (secondary N) is 1. The number of imide groups is 1. The van der Waals surface area contributed by atoms with Crippen LogP contribution in [0.25, 0.3) is 10.8 Å². The molecule has 0 saturated heterocycles. The topological polar surface area (TPSA) is 105 Å². The third-order valence-electron chi connectivity index (χ3n) is 5.81. The number of benzene rings is 3. The van der Waals surface area contributed by atoms with Gasteiger partial charge in [-0.3, -0.25) is 19.3 Å². The van der Waals surface area contributed by atoms with E-state index in [1.807, 2.05) is 42.5 Å². The zero-order valence-corrected chi connectivity index (χ0v) is 17.6. The van der Waals surface area contributed by atoms with Gasteiger partial charge in [0.2, 0.25) is 0 Å². The van der Waals surface area contributed by atoms with E-state index >= 15 is 0 Å². The van der Waals surface area contributed by atoms with Crippen LogP contribution in [0.3, 0.4) is 0 Å². The minimum absolute atomic E-state index is 0.0133. The summed E-state index contributed by atoms with van der Waals surface area (Å²) in [5.41, 5.74) is 7.91. The van der Waals surface area contributed by atoms with E-state index in [4.69, 9.17) is 5.73 Å². The van der Waals surface area contributed by atoms with Gasteiger partial charge in [-0.1, -0.05) is 48.5 Å². The quantitative estimate of drug-likeness (QED) is 0.465. The van der Waals surface area contributed by atoms with Gasteiger partial charge < -0.3 is 11.1 Å². The van der Waals surface area contributed by atoms with Crippen LogP contribution in [0.1, 0.15) is 42.7 Å². The molecule has 4 aromatic rings. The lowest BCUT2D eigenvalue weighted by atomic mass is 10.0. The van der Waals surface area contributed by atoms with Crippen LogP contribution in [-0.2, 0) is 0 Å². The number of aromatic nitrogens is 1. The maximum atomic E-state index is 13.2. The Morgan fingerprint density at radius 1 is 0.909 bits per heavy atom. The Labute approximate surface area is 189 Å². The van der Waals surface area contributed by atoms with Crippen molar-refractivity contribution in [3.8, 4) is 0 Å². The van der Waals surface area contributed by atoms with Crippen LogP contribution in [0, 0.1) is 0 Å². The maximum Gasteiger partial charge on any atom is 0.261 e. The summed E-state index contributed by atoms with van der Waals surface area (Å²) in [5.74, 6) is -0.732. The zero-order valence-electron chi connectivity index (χ0n) is 17.6. The predicted octanol–water partition coefficient (Wildman–Crippen LogP) is 3.58. The molecule has 0 saturated carbocycles. The number of nitrogens with zero attached hydrogens (tertiary/aromatic N) is 2. The summed E-state index contributed by atoms with van der Waals surface area (Å²) < 4.78 is 0. The van der Waals surface area contributed by atoms with Crippen molar-refractivity contribution in [2.45, 2.75) is 6.04 Å². The first-order valence-electron chi connectivity index (χ1n) is 10.5. The van der Waals surface area contributed by atoms with Crippen molar-refractivity contribution in [1.29, 1.82) is 0 Å². The number of nitrogens with two attached hydrogens (primary N) is 1. The third kappa shape index (κ3) is 3.70. The molecule has 162 valence electrons. The van der Waals surface area contributed by atoms with E-state index in [1.54, 1.807) is 42.6 Å². The van der Waals surface area contributed by atoms with Crippen molar-refractivity contribution in [2.75, 3.05) is 12.3 Å². The molecule has 1 aliphatic heterocycles. The molecule has 0 fully saturated rings. The van der Waals surface area contributed by atoms with E-state index in [9.17, 15) is 14.4 Å². The van der Waals surface area contributed by atoms with E-state index in [1.165, 1.54) is 4.90 Å². The van der Waals surface area contributed by atoms with Crippen molar-refractivity contribution in [3.05, 3.63) is 107 Å². The summed E-state index contributed by atoms with van der Waals surface area (Å²) in [6.07, 6.45) is 1.62. The Morgan fingerprint density at radius 3 is 2.27 bits per heavy atom. The minimum atomic E-state index is -0.595. The smallest absolute Gasteiger partial charge is 0.261 e. The van der Waals surface area contributed by atoms with E-state index in [2.05, 4.69) is 10.3 Å². The Hall–Kier alpha value is -4.52. The molecule has 0 bridgehead atoms. The van der Waals surface area contributed by atoms with Gasteiger partial charge in [-0.25, -0.2) is 4.98 Å². The standard InChI is InChI=1S/C26H20N4O3/c27-23-21-14-18(11-10-16(21)12-13-28-23)24(31)29-22(17-6-2-1-3-7-17)15-30-25(32)19-8-4-5-9-20(19)26(30)33/h1-14,22H,15H2,(H2,27,28)(H,29,31)/t22-/m0/s1. The number of hydrogen-bond donors (Lipinski definition) is 2. The van der Waals surface area contributed by atoms with Crippen LogP contribution in [-0.4, -0.2) is 34.2 Å². The molecule has 0 spiro atoms. The fourth-order valence-corrected chi connectivity index (χ4v) is 4.08. The summed E-state index contributed by atoms with van der Waals surface area (Å²) in [7, 11) is 0. The van der Waals surface area contributed by atoms with Crippen molar-refractivity contribution in [2.24, 2.45) is 0 Å². The van der Waals surface area contributed by atoms with Gasteiger partial charge in [0.1, 0.15) is 5.82 Å². The summed E-state index contributed by atoms with van der Waals surface area (Å²) in [5, 5.41) is 4.54. The van der Waals surface area contributed by atoms with Crippen molar-refractivity contribution in [3.63, 3.8) is 0 Å². The Balaban J connectivity index is 1.45. The molecule has 3 amide bonds. The normalized spacial score (nSPS) is 13.8. The largest absolute Gasteiger partial charge is 0.383 e. The van der Waals surface area contributed by atoms with Crippen LogP contribution in [0.15, 0.2) is 85.1 Å². The molecule has 3 N–H and O–H groups in total. The summed E-state index contributed by atoms with van der Waals surface area (Å²) >= 11 is 0. The average Bonchev–Trinajstić information content (AvgIpc) is 3.09. The second-order valence-electron chi connectivity index (χ2n) is 7.84. The summed E-state index contributed by atoms with van der Waals surface area (Å²) in [4.78, 5) is 44.2. The summed E-state index contributed by atoms with van der Waals surface area (Å²) in [6.45, 7) is 0.0133. The van der Waals surface area contributed by atoms with Crippen LogP contribution >= 0.6 is 0 Å². The van der Waals surface area contributed by atoms with Crippen LogP contribution in [0.4, 0.5) is 5.82 Å². The molecule has 1 aliphatic rings. The molecule has 7 nitrogen and oxygen atoms in total.